The van der Waals surface area contributed by atoms with Gasteiger partial charge in [-0.05, 0) is 62.4 Å². The molecule has 0 saturated heterocycles. The molecule has 0 bridgehead atoms. The number of aryl methyl sites for hydroxylation is 1. The molecule has 0 atom stereocenters. The molecule has 1 nitrogen and oxygen atoms in total. The largest absolute Gasteiger partial charge is 0.397 e. The van der Waals surface area contributed by atoms with Gasteiger partial charge in [-0.15, -0.1) is 0 Å². The van der Waals surface area contributed by atoms with Gasteiger partial charge in [0, 0.05) is 8.95 Å². The maximum atomic E-state index is 5.91. The maximum Gasteiger partial charge on any atom is 0.0603 e. The van der Waals surface area contributed by atoms with Crippen molar-refractivity contribution in [1.29, 1.82) is 0 Å². The third-order valence-electron chi connectivity index (χ3n) is 3.96. The molecule has 0 spiro atoms. The van der Waals surface area contributed by atoms with E-state index < -0.39 is 0 Å². The fraction of sp³-hybridized carbons (Fsp3) is 0.667. The van der Waals surface area contributed by atoms with Gasteiger partial charge in [0.25, 0.3) is 0 Å². The van der Waals surface area contributed by atoms with Crippen molar-refractivity contribution >= 4 is 37.5 Å². The van der Waals surface area contributed by atoms with Crippen LogP contribution in [0.2, 0.25) is 0 Å². The van der Waals surface area contributed by atoms with Crippen molar-refractivity contribution in [2.45, 2.75) is 77.6 Å². The topological polar surface area (TPSA) is 26.0 Å². The zero-order valence-electron chi connectivity index (χ0n) is 13.3. The Bertz CT molecular complexity index is 381. The summed E-state index contributed by atoms with van der Waals surface area (Å²) in [4.78, 5) is 0. The lowest BCUT2D eigenvalue weighted by atomic mass is 10.0. The quantitative estimate of drug-likeness (QED) is 0.297. The van der Waals surface area contributed by atoms with Crippen LogP contribution < -0.4 is 5.73 Å². The van der Waals surface area contributed by atoms with Crippen molar-refractivity contribution < 1.29 is 0 Å². The van der Waals surface area contributed by atoms with Crippen LogP contribution in [0.4, 0.5) is 5.69 Å². The van der Waals surface area contributed by atoms with E-state index >= 15 is 0 Å². The van der Waals surface area contributed by atoms with Gasteiger partial charge in [0.05, 0.1) is 5.69 Å². The van der Waals surface area contributed by atoms with Crippen molar-refractivity contribution in [2.24, 2.45) is 0 Å². The second kappa shape index (κ2) is 11.5. The van der Waals surface area contributed by atoms with Gasteiger partial charge in [-0.2, -0.15) is 0 Å². The Hall–Kier alpha value is -0.0200. The van der Waals surface area contributed by atoms with Crippen molar-refractivity contribution in [3.05, 3.63) is 26.6 Å². The van der Waals surface area contributed by atoms with Crippen LogP contribution in [0.3, 0.4) is 0 Å². The van der Waals surface area contributed by atoms with E-state index in [-0.39, 0.29) is 0 Å². The predicted octanol–water partition coefficient (Wildman–Crippen LogP) is 7.26. The van der Waals surface area contributed by atoms with Gasteiger partial charge in [0.15, 0.2) is 0 Å². The fourth-order valence-electron chi connectivity index (χ4n) is 2.60. The summed E-state index contributed by atoms with van der Waals surface area (Å²) < 4.78 is 2.00. The van der Waals surface area contributed by atoms with E-state index in [0.717, 1.165) is 21.1 Å². The Kier molecular flexibility index (Phi) is 10.5. The van der Waals surface area contributed by atoms with E-state index in [2.05, 4.69) is 50.9 Å². The molecule has 0 aliphatic carbocycles. The molecule has 0 aliphatic heterocycles. The summed E-state index contributed by atoms with van der Waals surface area (Å²) in [6.07, 6.45) is 15.0. The minimum absolute atomic E-state index is 0.793. The first-order valence-corrected chi connectivity index (χ1v) is 9.97. The normalized spacial score (nSPS) is 11.0. The van der Waals surface area contributed by atoms with Crippen LogP contribution in [0.25, 0.3) is 0 Å². The Balaban J connectivity index is 2.04. The van der Waals surface area contributed by atoms with Crippen molar-refractivity contribution in [3.8, 4) is 0 Å². The first-order valence-electron chi connectivity index (χ1n) is 8.38. The smallest absolute Gasteiger partial charge is 0.0603 e. The number of rotatable bonds is 11. The number of unbranched alkanes of at least 4 members (excludes halogenated alkanes) is 9. The molecule has 1 aromatic carbocycles. The summed E-state index contributed by atoms with van der Waals surface area (Å²) in [7, 11) is 0. The number of hydrogen-bond donors (Lipinski definition) is 1. The fourth-order valence-corrected chi connectivity index (χ4v) is 3.88. The predicted molar refractivity (Wildman–Crippen MR) is 102 cm³/mol. The molecule has 0 heterocycles. The lowest BCUT2D eigenvalue weighted by Crippen LogP contribution is -1.92. The molecule has 0 radical (unpaired) electrons. The number of hydrogen-bond acceptors (Lipinski definition) is 1. The molecular formula is C18H29Br2N. The number of halogens is 2. The monoisotopic (exact) mass is 417 g/mol. The van der Waals surface area contributed by atoms with Gasteiger partial charge in [0.2, 0.25) is 0 Å². The summed E-state index contributed by atoms with van der Waals surface area (Å²) in [5.41, 5.74) is 8.07. The van der Waals surface area contributed by atoms with Gasteiger partial charge < -0.3 is 5.73 Å². The molecule has 0 aromatic heterocycles. The third-order valence-corrected chi connectivity index (χ3v) is 5.27. The maximum absolute atomic E-state index is 5.91. The van der Waals surface area contributed by atoms with E-state index in [1.54, 1.807) is 0 Å². The molecule has 0 saturated carbocycles. The highest BCUT2D eigenvalue weighted by atomic mass is 79.9. The second-order valence-electron chi connectivity index (χ2n) is 5.91. The highest BCUT2D eigenvalue weighted by Crippen LogP contribution is 2.30. The van der Waals surface area contributed by atoms with Crippen molar-refractivity contribution in [1.82, 2.24) is 0 Å². The summed E-state index contributed by atoms with van der Waals surface area (Å²) in [6.45, 7) is 2.28. The van der Waals surface area contributed by atoms with Crippen LogP contribution in [0.5, 0.6) is 0 Å². The highest BCUT2D eigenvalue weighted by Gasteiger charge is 2.04. The molecule has 21 heavy (non-hydrogen) atoms. The standard InChI is InChI=1S/C18H29Br2N/c1-2-3-4-5-6-7-8-9-10-11-12-15-13-16(19)18(21)17(20)14-15/h13-14H,2-12,21H2,1H3. The van der Waals surface area contributed by atoms with Gasteiger partial charge in [-0.1, -0.05) is 64.7 Å². The average molecular weight is 419 g/mol. The van der Waals surface area contributed by atoms with E-state index in [0.29, 0.717) is 0 Å². The molecule has 1 aromatic rings. The zero-order valence-corrected chi connectivity index (χ0v) is 16.4. The SMILES string of the molecule is CCCCCCCCCCCCc1cc(Br)c(N)c(Br)c1. The lowest BCUT2D eigenvalue weighted by molar-refractivity contribution is 0.556. The summed E-state index contributed by atoms with van der Waals surface area (Å²) in [6, 6.07) is 4.29. The number of nitrogens with two attached hydrogens (primary N) is 1. The minimum Gasteiger partial charge on any atom is -0.397 e. The molecule has 2 N–H and O–H groups in total. The Morgan fingerprint density at radius 1 is 0.762 bits per heavy atom. The number of nitrogen functional groups attached to an aromatic ring is 1. The van der Waals surface area contributed by atoms with Crippen LogP contribution in [-0.4, -0.2) is 0 Å². The van der Waals surface area contributed by atoms with E-state index in [9.17, 15) is 0 Å². The Morgan fingerprint density at radius 3 is 1.67 bits per heavy atom. The van der Waals surface area contributed by atoms with E-state index in [1.807, 2.05) is 0 Å². The average Bonchev–Trinajstić information content (AvgIpc) is 2.46. The van der Waals surface area contributed by atoms with Crippen LogP contribution in [-0.2, 0) is 6.42 Å². The van der Waals surface area contributed by atoms with Gasteiger partial charge in [-0.3, -0.25) is 0 Å². The Morgan fingerprint density at radius 2 is 1.19 bits per heavy atom. The number of benzene rings is 1. The summed E-state index contributed by atoms with van der Waals surface area (Å²) in [5, 5.41) is 0. The lowest BCUT2D eigenvalue weighted by Gasteiger charge is -2.07. The molecular weight excluding hydrogens is 390 g/mol. The minimum atomic E-state index is 0.793. The zero-order chi connectivity index (χ0) is 15.5. The van der Waals surface area contributed by atoms with Crippen LogP contribution in [0, 0.1) is 0 Å². The van der Waals surface area contributed by atoms with Crippen molar-refractivity contribution in [3.63, 3.8) is 0 Å². The number of anilines is 1. The molecule has 120 valence electrons. The highest BCUT2D eigenvalue weighted by molar-refractivity contribution is 9.11. The molecule has 0 fully saturated rings. The van der Waals surface area contributed by atoms with Gasteiger partial charge in [0.1, 0.15) is 0 Å². The molecule has 3 heteroatoms. The second-order valence-corrected chi connectivity index (χ2v) is 7.61. The Labute approximate surface area is 147 Å². The molecule has 0 amide bonds. The molecule has 1 rings (SSSR count). The first kappa shape index (κ1) is 19.0. The summed E-state index contributed by atoms with van der Waals surface area (Å²) in [5.74, 6) is 0. The molecule has 0 unspecified atom stereocenters. The van der Waals surface area contributed by atoms with Crippen molar-refractivity contribution in [2.75, 3.05) is 5.73 Å². The third kappa shape index (κ3) is 8.25. The van der Waals surface area contributed by atoms with E-state index in [1.165, 1.54) is 69.8 Å². The van der Waals surface area contributed by atoms with Crippen LogP contribution in [0.1, 0.15) is 76.7 Å². The van der Waals surface area contributed by atoms with Crippen LogP contribution >= 0.6 is 31.9 Å². The van der Waals surface area contributed by atoms with Gasteiger partial charge in [-0.25, -0.2) is 0 Å². The van der Waals surface area contributed by atoms with Gasteiger partial charge >= 0.3 is 0 Å². The van der Waals surface area contributed by atoms with E-state index in [4.69, 9.17) is 5.73 Å². The van der Waals surface area contributed by atoms with Crippen LogP contribution in [0.15, 0.2) is 21.1 Å². The molecule has 0 aliphatic rings. The summed E-state index contributed by atoms with van der Waals surface area (Å²) >= 11 is 7.02. The first-order chi connectivity index (χ1) is 10.1.